The Labute approximate surface area is 236 Å². The second-order valence-corrected chi connectivity index (χ2v) is 10.4. The molecule has 2 N–H and O–H groups in total. The standard InChI is InChI=1S/C30H31N7O4/c1-6-31-29-32-24-19(17-41-28(39)30(2,3)4)13-16-23(27(38)40-5)25(24)37(29)20-14-11-18(12-15-20)21-9-7-8-10-22(21)26-33-35-36-34-26/h7-16H,6,17H2,1-5H3,(H,31,32)(H,33,34,35,36). The number of hydrogen-bond donors (Lipinski definition) is 2. The Morgan fingerprint density at radius 3 is 2.37 bits per heavy atom. The van der Waals surface area contributed by atoms with Crippen molar-refractivity contribution in [1.29, 1.82) is 0 Å². The van der Waals surface area contributed by atoms with Gasteiger partial charge >= 0.3 is 11.9 Å². The number of carbonyl (C=O) groups is 2. The molecule has 0 unspecified atom stereocenters. The lowest BCUT2D eigenvalue weighted by Crippen LogP contribution is -2.22. The summed E-state index contributed by atoms with van der Waals surface area (Å²) in [5.41, 5.74) is 4.98. The number of imidazole rings is 1. The van der Waals surface area contributed by atoms with E-state index >= 15 is 0 Å². The Morgan fingerprint density at radius 2 is 1.73 bits per heavy atom. The third kappa shape index (κ3) is 5.38. The smallest absolute Gasteiger partial charge is 0.340 e. The minimum Gasteiger partial charge on any atom is -0.465 e. The Hall–Kier alpha value is -5.06. The number of tetrazole rings is 1. The molecule has 0 bridgehead atoms. The predicted octanol–water partition coefficient (Wildman–Crippen LogP) is 5.18. The van der Waals surface area contributed by atoms with Gasteiger partial charge in [-0.1, -0.05) is 42.5 Å². The number of anilines is 1. The second-order valence-electron chi connectivity index (χ2n) is 10.4. The summed E-state index contributed by atoms with van der Waals surface area (Å²) >= 11 is 0. The summed E-state index contributed by atoms with van der Waals surface area (Å²) in [7, 11) is 1.34. The van der Waals surface area contributed by atoms with E-state index in [1.54, 1.807) is 32.9 Å². The summed E-state index contributed by atoms with van der Waals surface area (Å²) in [6.07, 6.45) is 0. The highest BCUT2D eigenvalue weighted by Gasteiger charge is 2.26. The highest BCUT2D eigenvalue weighted by molar-refractivity contribution is 6.04. The summed E-state index contributed by atoms with van der Waals surface area (Å²) in [4.78, 5) is 30.2. The monoisotopic (exact) mass is 553 g/mol. The van der Waals surface area contributed by atoms with Crippen LogP contribution in [0.25, 0.3) is 39.2 Å². The maximum atomic E-state index is 12.9. The summed E-state index contributed by atoms with van der Waals surface area (Å²) < 4.78 is 12.6. The first-order valence-corrected chi connectivity index (χ1v) is 13.2. The van der Waals surface area contributed by atoms with Crippen LogP contribution in [0.4, 0.5) is 5.95 Å². The van der Waals surface area contributed by atoms with Crippen LogP contribution in [0.5, 0.6) is 0 Å². The van der Waals surface area contributed by atoms with Crippen molar-refractivity contribution in [1.82, 2.24) is 30.2 Å². The number of benzene rings is 3. The van der Waals surface area contributed by atoms with E-state index in [9.17, 15) is 9.59 Å². The van der Waals surface area contributed by atoms with Crippen molar-refractivity contribution in [2.24, 2.45) is 5.41 Å². The van der Waals surface area contributed by atoms with Crippen LogP contribution in [0.3, 0.4) is 0 Å². The van der Waals surface area contributed by atoms with Gasteiger partial charge in [0, 0.05) is 23.4 Å². The number of rotatable bonds is 8. The molecule has 3 aromatic carbocycles. The molecule has 41 heavy (non-hydrogen) atoms. The number of carbonyl (C=O) groups excluding carboxylic acids is 2. The maximum absolute atomic E-state index is 12.9. The van der Waals surface area contributed by atoms with Crippen molar-refractivity contribution in [3.8, 4) is 28.2 Å². The highest BCUT2D eigenvalue weighted by atomic mass is 16.5. The predicted molar refractivity (Wildman–Crippen MR) is 154 cm³/mol. The van der Waals surface area contributed by atoms with Crippen LogP contribution in [-0.4, -0.2) is 55.8 Å². The van der Waals surface area contributed by atoms with Crippen LogP contribution in [0.2, 0.25) is 0 Å². The third-order valence-corrected chi connectivity index (χ3v) is 6.55. The number of esters is 2. The molecule has 0 aliphatic rings. The topological polar surface area (TPSA) is 137 Å². The van der Waals surface area contributed by atoms with Gasteiger partial charge in [-0.05, 0) is 62.2 Å². The van der Waals surface area contributed by atoms with E-state index in [1.165, 1.54) is 7.11 Å². The zero-order valence-corrected chi connectivity index (χ0v) is 23.6. The summed E-state index contributed by atoms with van der Waals surface area (Å²) in [6, 6.07) is 19.1. The molecule has 5 rings (SSSR count). The Morgan fingerprint density at radius 1 is 1.00 bits per heavy atom. The van der Waals surface area contributed by atoms with Crippen LogP contribution in [0.15, 0.2) is 60.7 Å². The zero-order chi connectivity index (χ0) is 29.1. The fourth-order valence-corrected chi connectivity index (χ4v) is 4.51. The van der Waals surface area contributed by atoms with Gasteiger partial charge in [-0.25, -0.2) is 9.78 Å². The number of nitrogens with zero attached hydrogens (tertiary/aromatic N) is 5. The molecule has 2 aromatic heterocycles. The van der Waals surface area contributed by atoms with Crippen LogP contribution in [0.1, 0.15) is 43.6 Å². The van der Waals surface area contributed by atoms with Crippen molar-refractivity contribution < 1.29 is 19.1 Å². The zero-order valence-electron chi connectivity index (χ0n) is 23.6. The van der Waals surface area contributed by atoms with E-state index in [1.807, 2.05) is 60.0 Å². The Bertz CT molecular complexity index is 1700. The quantitative estimate of drug-likeness (QED) is 0.249. The molecule has 0 saturated heterocycles. The van der Waals surface area contributed by atoms with Gasteiger partial charge in [0.05, 0.1) is 29.1 Å². The molecule has 2 heterocycles. The summed E-state index contributed by atoms with van der Waals surface area (Å²) in [6.45, 7) is 7.98. The first-order chi connectivity index (χ1) is 19.7. The van der Waals surface area contributed by atoms with Crippen LogP contribution >= 0.6 is 0 Å². The van der Waals surface area contributed by atoms with E-state index in [0.29, 0.717) is 40.5 Å². The van der Waals surface area contributed by atoms with E-state index in [4.69, 9.17) is 14.5 Å². The number of aromatic amines is 1. The first-order valence-electron chi connectivity index (χ1n) is 13.2. The maximum Gasteiger partial charge on any atom is 0.340 e. The molecule has 11 nitrogen and oxygen atoms in total. The number of nitrogens with one attached hydrogen (secondary N) is 2. The average Bonchev–Trinajstić information content (AvgIpc) is 3.64. The molecule has 210 valence electrons. The number of methoxy groups -OCH3 is 1. The molecule has 5 aromatic rings. The molecule has 0 aliphatic carbocycles. The van der Waals surface area contributed by atoms with E-state index in [2.05, 4.69) is 25.9 Å². The molecule has 0 amide bonds. The molecular weight excluding hydrogens is 522 g/mol. The normalized spacial score (nSPS) is 11.4. The van der Waals surface area contributed by atoms with Gasteiger partial charge in [0.25, 0.3) is 0 Å². The lowest BCUT2D eigenvalue weighted by Gasteiger charge is -2.17. The van der Waals surface area contributed by atoms with Gasteiger partial charge in [0.15, 0.2) is 0 Å². The molecule has 0 fully saturated rings. The molecule has 0 saturated carbocycles. The lowest BCUT2D eigenvalue weighted by molar-refractivity contribution is -0.154. The van der Waals surface area contributed by atoms with Gasteiger partial charge in [-0.3, -0.25) is 9.36 Å². The van der Waals surface area contributed by atoms with Crippen molar-refractivity contribution in [2.45, 2.75) is 34.3 Å². The van der Waals surface area contributed by atoms with E-state index in [-0.39, 0.29) is 12.6 Å². The molecule has 0 aliphatic heterocycles. The number of H-pyrrole nitrogens is 1. The fourth-order valence-electron chi connectivity index (χ4n) is 4.51. The largest absolute Gasteiger partial charge is 0.465 e. The van der Waals surface area contributed by atoms with Crippen LogP contribution < -0.4 is 5.32 Å². The average molecular weight is 554 g/mol. The second kappa shape index (κ2) is 11.2. The minimum absolute atomic E-state index is 0.0163. The highest BCUT2D eigenvalue weighted by Crippen LogP contribution is 2.34. The first kappa shape index (κ1) is 27.5. The van der Waals surface area contributed by atoms with E-state index in [0.717, 1.165) is 22.4 Å². The van der Waals surface area contributed by atoms with Gasteiger partial charge in [0.1, 0.15) is 6.61 Å². The summed E-state index contributed by atoms with van der Waals surface area (Å²) in [5, 5.41) is 17.8. The molecule has 0 radical (unpaired) electrons. The van der Waals surface area contributed by atoms with Crippen molar-refractivity contribution in [3.63, 3.8) is 0 Å². The number of fused-ring (bicyclic) bond motifs is 1. The lowest BCUT2D eigenvalue weighted by atomic mass is 9.97. The minimum atomic E-state index is -0.649. The summed E-state index contributed by atoms with van der Waals surface area (Å²) in [5.74, 6) is 0.220. The fraction of sp³-hybridized carbons (Fsp3) is 0.267. The number of ether oxygens (including phenoxy) is 2. The van der Waals surface area contributed by atoms with Gasteiger partial charge in [0.2, 0.25) is 11.8 Å². The molecular formula is C30H31N7O4. The number of aromatic nitrogens is 6. The van der Waals surface area contributed by atoms with Crippen molar-refractivity contribution in [2.75, 3.05) is 19.0 Å². The third-order valence-electron chi connectivity index (χ3n) is 6.55. The Kier molecular flexibility index (Phi) is 7.52. The number of hydrogen-bond acceptors (Lipinski definition) is 9. The van der Waals surface area contributed by atoms with E-state index < -0.39 is 11.4 Å². The molecule has 11 heteroatoms. The van der Waals surface area contributed by atoms with Gasteiger partial charge < -0.3 is 14.8 Å². The molecule has 0 atom stereocenters. The SMILES string of the molecule is CCNc1nc2c(COC(=O)C(C)(C)C)ccc(C(=O)OC)c2n1-c1ccc(-c2ccccc2-c2nn[nH]n2)cc1. The van der Waals surface area contributed by atoms with Crippen molar-refractivity contribution in [3.05, 3.63) is 71.8 Å². The molecule has 0 spiro atoms. The van der Waals surface area contributed by atoms with Crippen LogP contribution in [0, 0.1) is 5.41 Å². The Balaban J connectivity index is 1.63. The van der Waals surface area contributed by atoms with Crippen LogP contribution in [-0.2, 0) is 20.9 Å². The van der Waals surface area contributed by atoms with Crippen molar-refractivity contribution >= 4 is 28.9 Å². The van der Waals surface area contributed by atoms with Gasteiger partial charge in [-0.15, -0.1) is 10.2 Å². The van der Waals surface area contributed by atoms with Gasteiger partial charge in [-0.2, -0.15) is 5.21 Å².